The number of likely N-dealkylation sites (tertiary alicyclic amines) is 1. The van der Waals surface area contributed by atoms with Crippen LogP contribution in [0, 0.1) is 11.8 Å². The molecule has 21 heavy (non-hydrogen) atoms. The van der Waals surface area contributed by atoms with Gasteiger partial charge in [-0.05, 0) is 44.7 Å². The van der Waals surface area contributed by atoms with E-state index in [1.807, 2.05) is 13.8 Å². The number of piperidine rings is 1. The smallest absolute Gasteiger partial charge is 0.214 e. The lowest BCUT2D eigenvalue weighted by Gasteiger charge is -2.34. The van der Waals surface area contributed by atoms with Crippen molar-refractivity contribution in [3.05, 3.63) is 0 Å². The Morgan fingerprint density at radius 1 is 1.29 bits per heavy atom. The van der Waals surface area contributed by atoms with Crippen molar-refractivity contribution in [1.82, 2.24) is 9.21 Å². The van der Waals surface area contributed by atoms with Crippen LogP contribution >= 0.6 is 0 Å². The molecule has 0 aliphatic carbocycles. The van der Waals surface area contributed by atoms with Gasteiger partial charge in [0.25, 0.3) is 0 Å². The van der Waals surface area contributed by atoms with Gasteiger partial charge in [-0.15, -0.1) is 0 Å². The van der Waals surface area contributed by atoms with Crippen LogP contribution in [-0.4, -0.2) is 67.8 Å². The molecular formula is C15H32N2O3S. The number of hydrogen-bond acceptors (Lipinski definition) is 4. The van der Waals surface area contributed by atoms with Gasteiger partial charge in [-0.3, -0.25) is 0 Å². The van der Waals surface area contributed by atoms with Crippen LogP contribution in [0.15, 0.2) is 0 Å². The van der Waals surface area contributed by atoms with Crippen molar-refractivity contribution in [3.8, 4) is 0 Å². The second kappa shape index (κ2) is 8.46. The quantitative estimate of drug-likeness (QED) is 0.734. The monoisotopic (exact) mass is 320 g/mol. The summed E-state index contributed by atoms with van der Waals surface area (Å²) in [4.78, 5) is 2.26. The average molecular weight is 320 g/mol. The topological polar surface area (TPSA) is 60.9 Å². The fraction of sp³-hybridized carbons (Fsp3) is 1.00. The first kappa shape index (κ1) is 18.9. The minimum absolute atomic E-state index is 0.213. The normalized spacial score (nSPS) is 21.6. The molecule has 1 heterocycles. The highest BCUT2D eigenvalue weighted by molar-refractivity contribution is 7.89. The minimum Gasteiger partial charge on any atom is -0.392 e. The Morgan fingerprint density at radius 3 is 2.33 bits per heavy atom. The molecule has 0 aromatic carbocycles. The molecule has 1 N–H and O–H groups in total. The summed E-state index contributed by atoms with van der Waals surface area (Å²) in [6.45, 7) is 9.07. The SMILES string of the molecule is CC[C@@H](C)CS(=O)(=O)N(C)CC1CCN(C[C@@H](C)O)CC1. The molecule has 6 heteroatoms. The molecule has 0 radical (unpaired) electrons. The lowest BCUT2D eigenvalue weighted by Crippen LogP contribution is -2.42. The van der Waals surface area contributed by atoms with Gasteiger partial charge in [0.2, 0.25) is 10.0 Å². The molecule has 1 aliphatic heterocycles. The largest absolute Gasteiger partial charge is 0.392 e. The van der Waals surface area contributed by atoms with Crippen LogP contribution in [0.2, 0.25) is 0 Å². The summed E-state index contributed by atoms with van der Waals surface area (Å²) in [5.74, 6) is 0.901. The summed E-state index contributed by atoms with van der Waals surface area (Å²) in [6.07, 6.45) is 2.62. The fourth-order valence-corrected chi connectivity index (χ4v) is 4.45. The highest BCUT2D eigenvalue weighted by atomic mass is 32.2. The summed E-state index contributed by atoms with van der Waals surface area (Å²) in [5.41, 5.74) is 0. The van der Waals surface area contributed by atoms with Crippen molar-refractivity contribution >= 4 is 10.0 Å². The van der Waals surface area contributed by atoms with Crippen molar-refractivity contribution < 1.29 is 13.5 Å². The third-order valence-corrected chi connectivity index (χ3v) is 6.50. The van der Waals surface area contributed by atoms with Gasteiger partial charge in [0.15, 0.2) is 0 Å². The zero-order valence-electron chi connectivity index (χ0n) is 14.0. The zero-order valence-corrected chi connectivity index (χ0v) is 14.8. The van der Waals surface area contributed by atoms with Crippen molar-refractivity contribution in [1.29, 1.82) is 0 Å². The van der Waals surface area contributed by atoms with Gasteiger partial charge in [-0.25, -0.2) is 12.7 Å². The lowest BCUT2D eigenvalue weighted by molar-refractivity contribution is 0.0972. The van der Waals surface area contributed by atoms with E-state index in [2.05, 4.69) is 4.90 Å². The van der Waals surface area contributed by atoms with Crippen molar-refractivity contribution in [2.45, 2.75) is 46.1 Å². The Kier molecular flexibility index (Phi) is 7.60. The van der Waals surface area contributed by atoms with Crippen LogP contribution in [-0.2, 0) is 10.0 Å². The maximum absolute atomic E-state index is 12.3. The molecule has 0 aromatic rings. The van der Waals surface area contributed by atoms with Crippen LogP contribution in [0.4, 0.5) is 0 Å². The van der Waals surface area contributed by atoms with E-state index in [4.69, 9.17) is 0 Å². The lowest BCUT2D eigenvalue weighted by atomic mass is 9.97. The fourth-order valence-electron chi connectivity index (χ4n) is 2.81. The van der Waals surface area contributed by atoms with E-state index in [0.717, 1.165) is 38.9 Å². The number of aliphatic hydroxyl groups is 1. The van der Waals surface area contributed by atoms with Gasteiger partial charge < -0.3 is 10.0 Å². The Morgan fingerprint density at radius 2 is 1.86 bits per heavy atom. The van der Waals surface area contributed by atoms with Gasteiger partial charge in [-0.2, -0.15) is 0 Å². The van der Waals surface area contributed by atoms with E-state index in [0.29, 0.717) is 12.5 Å². The Bertz CT molecular complexity index is 390. The van der Waals surface area contributed by atoms with Crippen LogP contribution in [0.1, 0.15) is 40.0 Å². The number of sulfonamides is 1. The van der Waals surface area contributed by atoms with Crippen LogP contribution < -0.4 is 0 Å². The van der Waals surface area contributed by atoms with E-state index < -0.39 is 10.0 Å². The molecule has 0 amide bonds. The number of nitrogens with zero attached hydrogens (tertiary/aromatic N) is 2. The highest BCUT2D eigenvalue weighted by Crippen LogP contribution is 2.20. The first-order valence-electron chi connectivity index (χ1n) is 8.09. The number of hydrogen-bond donors (Lipinski definition) is 1. The maximum atomic E-state index is 12.3. The van der Waals surface area contributed by atoms with E-state index >= 15 is 0 Å². The van der Waals surface area contributed by atoms with E-state index in [1.54, 1.807) is 18.3 Å². The van der Waals surface area contributed by atoms with Crippen LogP contribution in [0.25, 0.3) is 0 Å². The summed E-state index contributed by atoms with van der Waals surface area (Å²) >= 11 is 0. The van der Waals surface area contributed by atoms with Crippen molar-refractivity contribution in [2.75, 3.05) is 39.0 Å². The molecule has 0 spiro atoms. The highest BCUT2D eigenvalue weighted by Gasteiger charge is 2.26. The summed E-state index contributed by atoms with van der Waals surface area (Å²) in [5, 5.41) is 9.40. The summed E-state index contributed by atoms with van der Waals surface area (Å²) < 4.78 is 26.1. The summed E-state index contributed by atoms with van der Waals surface area (Å²) in [7, 11) is -1.42. The molecule has 1 saturated heterocycles. The van der Waals surface area contributed by atoms with E-state index in [9.17, 15) is 13.5 Å². The molecule has 1 fully saturated rings. The van der Waals surface area contributed by atoms with Gasteiger partial charge in [0, 0.05) is 20.1 Å². The average Bonchev–Trinajstić information content (AvgIpc) is 2.39. The molecule has 1 rings (SSSR count). The van der Waals surface area contributed by atoms with Gasteiger partial charge in [-0.1, -0.05) is 20.3 Å². The Hall–Kier alpha value is -0.170. The zero-order chi connectivity index (χ0) is 16.0. The molecule has 2 atom stereocenters. The predicted molar refractivity (Wildman–Crippen MR) is 86.7 cm³/mol. The molecule has 126 valence electrons. The van der Waals surface area contributed by atoms with Gasteiger partial charge >= 0.3 is 0 Å². The van der Waals surface area contributed by atoms with E-state index in [-0.39, 0.29) is 17.8 Å². The van der Waals surface area contributed by atoms with Gasteiger partial charge in [0.1, 0.15) is 0 Å². The minimum atomic E-state index is -3.12. The molecular weight excluding hydrogens is 288 g/mol. The standard InChI is InChI=1S/C15H32N2O3S/c1-5-13(2)12-21(19,20)16(4)11-15-6-8-17(9-7-15)10-14(3)18/h13-15,18H,5-12H2,1-4H3/t13-,14-/m1/s1. The first-order valence-corrected chi connectivity index (χ1v) is 9.70. The second-order valence-electron chi connectivity index (χ2n) is 6.67. The van der Waals surface area contributed by atoms with Gasteiger partial charge in [0.05, 0.1) is 11.9 Å². The molecule has 0 bridgehead atoms. The number of β-amino-alcohol motifs (C(OH)–C–C–N with tert-alkyl or cyclic N) is 1. The number of aliphatic hydroxyl groups excluding tert-OH is 1. The van der Waals surface area contributed by atoms with Crippen LogP contribution in [0.5, 0.6) is 0 Å². The third kappa shape index (κ3) is 6.63. The Balaban J connectivity index is 2.41. The molecule has 0 unspecified atom stereocenters. The van der Waals surface area contributed by atoms with Crippen LogP contribution in [0.3, 0.4) is 0 Å². The molecule has 0 saturated carbocycles. The predicted octanol–water partition coefficient (Wildman–Crippen LogP) is 1.39. The summed E-state index contributed by atoms with van der Waals surface area (Å²) in [6, 6.07) is 0. The maximum Gasteiger partial charge on any atom is 0.214 e. The molecule has 5 nitrogen and oxygen atoms in total. The number of rotatable bonds is 8. The first-order chi connectivity index (χ1) is 9.74. The molecule has 1 aliphatic rings. The second-order valence-corrected chi connectivity index (χ2v) is 8.79. The Labute approximate surface area is 130 Å². The third-order valence-electron chi connectivity index (χ3n) is 4.41. The van der Waals surface area contributed by atoms with Crippen molar-refractivity contribution in [3.63, 3.8) is 0 Å². The van der Waals surface area contributed by atoms with E-state index in [1.165, 1.54) is 0 Å². The van der Waals surface area contributed by atoms with Crippen molar-refractivity contribution in [2.24, 2.45) is 11.8 Å². The molecule has 0 aromatic heterocycles.